The van der Waals surface area contributed by atoms with Gasteiger partial charge in [-0.1, -0.05) is 52.8 Å². The van der Waals surface area contributed by atoms with E-state index in [1.807, 2.05) is 59.1 Å². The summed E-state index contributed by atoms with van der Waals surface area (Å²) in [5.74, 6) is 0.117. The highest BCUT2D eigenvalue weighted by atomic mass is 16.2. The largest absolute Gasteiger partial charge is 0.353 e. The first kappa shape index (κ1) is 24.4. The summed E-state index contributed by atoms with van der Waals surface area (Å²) in [4.78, 5) is 29.8. The third-order valence-electron chi connectivity index (χ3n) is 5.30. The molecule has 0 aliphatic rings. The van der Waals surface area contributed by atoms with Gasteiger partial charge in [0.2, 0.25) is 5.91 Å². The quantitative estimate of drug-likeness (QED) is 0.552. The summed E-state index contributed by atoms with van der Waals surface area (Å²) in [5.41, 5.74) is 2.84. The zero-order chi connectivity index (χ0) is 23.2. The van der Waals surface area contributed by atoms with Crippen molar-refractivity contribution in [3.05, 3.63) is 72.1 Å². The van der Waals surface area contributed by atoms with Gasteiger partial charge in [0, 0.05) is 37.6 Å². The summed E-state index contributed by atoms with van der Waals surface area (Å²) in [6.45, 7) is 15.9. The number of carbonyl (C=O) groups is 2. The highest BCUT2D eigenvalue weighted by molar-refractivity contribution is 5.96. The normalized spacial score (nSPS) is 11.5. The number of amides is 2. The summed E-state index contributed by atoms with van der Waals surface area (Å²) in [5, 5.41) is 0. The van der Waals surface area contributed by atoms with Gasteiger partial charge in [0.1, 0.15) is 6.54 Å². The SMILES string of the molecule is C=CCN(CC(=O)N(Cc1cccn1C)CC(C)C)C(=O)c1ccc(C(C)(C)C)cc1. The van der Waals surface area contributed by atoms with Crippen molar-refractivity contribution >= 4 is 11.8 Å². The van der Waals surface area contributed by atoms with Crippen molar-refractivity contribution in [1.82, 2.24) is 14.4 Å². The molecule has 0 aliphatic carbocycles. The molecule has 0 unspecified atom stereocenters. The average molecular weight is 424 g/mol. The number of nitrogens with zero attached hydrogens (tertiary/aromatic N) is 3. The van der Waals surface area contributed by atoms with E-state index >= 15 is 0 Å². The fraction of sp³-hybridized carbons (Fsp3) is 0.462. The number of hydrogen-bond donors (Lipinski definition) is 0. The molecule has 0 saturated heterocycles. The van der Waals surface area contributed by atoms with Crippen LogP contribution in [0, 0.1) is 5.92 Å². The molecule has 0 atom stereocenters. The molecule has 168 valence electrons. The van der Waals surface area contributed by atoms with E-state index in [1.54, 1.807) is 11.0 Å². The third-order valence-corrected chi connectivity index (χ3v) is 5.30. The van der Waals surface area contributed by atoms with Gasteiger partial charge >= 0.3 is 0 Å². The van der Waals surface area contributed by atoms with Crippen LogP contribution < -0.4 is 0 Å². The van der Waals surface area contributed by atoms with E-state index in [0.717, 1.165) is 5.69 Å². The molecule has 0 aliphatic heterocycles. The second-order valence-electron chi connectivity index (χ2n) is 9.58. The number of benzene rings is 1. The van der Waals surface area contributed by atoms with Gasteiger partial charge in [-0.25, -0.2) is 0 Å². The first-order valence-corrected chi connectivity index (χ1v) is 10.9. The first-order valence-electron chi connectivity index (χ1n) is 10.9. The fourth-order valence-corrected chi connectivity index (χ4v) is 3.49. The van der Waals surface area contributed by atoms with Crippen LogP contribution >= 0.6 is 0 Å². The van der Waals surface area contributed by atoms with Gasteiger partial charge in [-0.15, -0.1) is 6.58 Å². The lowest BCUT2D eigenvalue weighted by Gasteiger charge is -2.29. The van der Waals surface area contributed by atoms with Gasteiger partial charge in [-0.3, -0.25) is 9.59 Å². The second-order valence-corrected chi connectivity index (χ2v) is 9.58. The van der Waals surface area contributed by atoms with Crippen molar-refractivity contribution in [2.24, 2.45) is 13.0 Å². The van der Waals surface area contributed by atoms with Crippen molar-refractivity contribution in [1.29, 1.82) is 0 Å². The van der Waals surface area contributed by atoms with E-state index in [2.05, 4.69) is 41.2 Å². The Kier molecular flexibility index (Phi) is 8.26. The van der Waals surface area contributed by atoms with E-state index < -0.39 is 0 Å². The summed E-state index contributed by atoms with van der Waals surface area (Å²) < 4.78 is 2.02. The van der Waals surface area contributed by atoms with Crippen LogP contribution in [0.5, 0.6) is 0 Å². The smallest absolute Gasteiger partial charge is 0.254 e. The number of aromatic nitrogens is 1. The van der Waals surface area contributed by atoms with Crippen LogP contribution in [-0.2, 0) is 23.8 Å². The maximum Gasteiger partial charge on any atom is 0.254 e. The Bertz CT molecular complexity index is 888. The van der Waals surface area contributed by atoms with Crippen LogP contribution in [-0.4, -0.2) is 45.8 Å². The molecular formula is C26H37N3O2. The van der Waals surface area contributed by atoms with Crippen molar-refractivity contribution in [3.8, 4) is 0 Å². The zero-order valence-electron chi connectivity index (χ0n) is 19.9. The fourth-order valence-electron chi connectivity index (χ4n) is 3.49. The topological polar surface area (TPSA) is 45.6 Å². The average Bonchev–Trinajstić information content (AvgIpc) is 3.10. The van der Waals surface area contributed by atoms with Crippen LogP contribution in [0.2, 0.25) is 0 Å². The molecule has 0 fully saturated rings. The van der Waals surface area contributed by atoms with Crippen LogP contribution in [0.3, 0.4) is 0 Å². The molecule has 1 heterocycles. The lowest BCUT2D eigenvalue weighted by molar-refractivity contribution is -0.133. The Labute approximate surface area is 187 Å². The van der Waals surface area contributed by atoms with Crippen molar-refractivity contribution in [2.45, 2.75) is 46.6 Å². The minimum absolute atomic E-state index is 0.0205. The summed E-state index contributed by atoms with van der Waals surface area (Å²) >= 11 is 0. The second kappa shape index (κ2) is 10.5. The first-order chi connectivity index (χ1) is 14.5. The van der Waals surface area contributed by atoms with E-state index in [-0.39, 0.29) is 23.8 Å². The van der Waals surface area contributed by atoms with E-state index in [4.69, 9.17) is 0 Å². The van der Waals surface area contributed by atoms with Crippen LogP contribution in [0.1, 0.15) is 56.2 Å². The number of aryl methyl sites for hydroxylation is 1. The van der Waals surface area contributed by atoms with Crippen LogP contribution in [0.15, 0.2) is 55.3 Å². The Morgan fingerprint density at radius 2 is 1.74 bits per heavy atom. The van der Waals surface area contributed by atoms with Gasteiger partial charge in [-0.2, -0.15) is 0 Å². The Morgan fingerprint density at radius 1 is 1.10 bits per heavy atom. The Hall–Kier alpha value is -2.82. The minimum atomic E-state index is -0.155. The van der Waals surface area contributed by atoms with Gasteiger partial charge in [0.15, 0.2) is 0 Å². The molecule has 2 amide bonds. The zero-order valence-corrected chi connectivity index (χ0v) is 19.9. The van der Waals surface area contributed by atoms with Gasteiger partial charge < -0.3 is 14.4 Å². The maximum atomic E-state index is 13.2. The molecule has 2 rings (SSSR count). The van der Waals surface area contributed by atoms with E-state index in [1.165, 1.54) is 5.56 Å². The summed E-state index contributed by atoms with van der Waals surface area (Å²) in [6.07, 6.45) is 3.64. The minimum Gasteiger partial charge on any atom is -0.353 e. The van der Waals surface area contributed by atoms with Crippen molar-refractivity contribution < 1.29 is 9.59 Å². The molecule has 0 bridgehead atoms. The number of rotatable bonds is 9. The number of carbonyl (C=O) groups excluding carboxylic acids is 2. The molecule has 0 radical (unpaired) electrons. The molecule has 0 spiro atoms. The predicted molar refractivity (Wildman–Crippen MR) is 127 cm³/mol. The maximum absolute atomic E-state index is 13.2. The van der Waals surface area contributed by atoms with Crippen LogP contribution in [0.4, 0.5) is 0 Å². The standard InChI is InChI=1S/C26H37N3O2/c1-8-15-28(25(31)21-11-13-22(14-12-21)26(4,5)6)19-24(30)29(17-20(2)3)18-23-10-9-16-27(23)7/h8-14,16,20H,1,15,17-19H2,2-7H3. The van der Waals surface area contributed by atoms with Gasteiger partial charge in [0.25, 0.3) is 5.91 Å². The lowest BCUT2D eigenvalue weighted by atomic mass is 9.86. The summed E-state index contributed by atoms with van der Waals surface area (Å²) in [7, 11) is 1.97. The predicted octanol–water partition coefficient (Wildman–Crippen LogP) is 4.64. The van der Waals surface area contributed by atoms with Crippen molar-refractivity contribution in [3.63, 3.8) is 0 Å². The third kappa shape index (κ3) is 6.84. The van der Waals surface area contributed by atoms with E-state index in [9.17, 15) is 9.59 Å². The molecule has 1 aromatic carbocycles. The van der Waals surface area contributed by atoms with Gasteiger partial charge in [0.05, 0.1) is 6.54 Å². The van der Waals surface area contributed by atoms with Gasteiger partial charge in [-0.05, 0) is 41.2 Å². The molecule has 5 heteroatoms. The van der Waals surface area contributed by atoms with Crippen molar-refractivity contribution in [2.75, 3.05) is 19.6 Å². The Balaban J connectivity index is 2.18. The molecule has 2 aromatic rings. The van der Waals surface area contributed by atoms with Crippen LogP contribution in [0.25, 0.3) is 0 Å². The number of hydrogen-bond acceptors (Lipinski definition) is 2. The highest BCUT2D eigenvalue weighted by Crippen LogP contribution is 2.22. The Morgan fingerprint density at radius 3 is 2.23 bits per heavy atom. The summed E-state index contributed by atoms with van der Waals surface area (Å²) in [6, 6.07) is 11.7. The lowest BCUT2D eigenvalue weighted by Crippen LogP contribution is -2.44. The molecule has 5 nitrogen and oxygen atoms in total. The molecule has 1 aromatic heterocycles. The molecule has 0 N–H and O–H groups in total. The molecular weight excluding hydrogens is 386 g/mol. The highest BCUT2D eigenvalue weighted by Gasteiger charge is 2.23. The molecule has 31 heavy (non-hydrogen) atoms. The monoisotopic (exact) mass is 423 g/mol. The molecule has 0 saturated carbocycles. The van der Waals surface area contributed by atoms with E-state index in [0.29, 0.717) is 31.1 Å².